The number of aliphatic imine (C=N–C) groups is 1. The summed E-state index contributed by atoms with van der Waals surface area (Å²) in [5.41, 5.74) is 3.75. The minimum absolute atomic E-state index is 0.755. The highest BCUT2D eigenvalue weighted by Gasteiger charge is 2.13. The number of guanidine groups is 1. The van der Waals surface area contributed by atoms with Crippen molar-refractivity contribution >= 4 is 5.96 Å². The van der Waals surface area contributed by atoms with E-state index in [4.69, 9.17) is 4.74 Å². The number of nitrogens with one attached hydrogen (secondary N) is 2. The van der Waals surface area contributed by atoms with Gasteiger partial charge in [0.25, 0.3) is 0 Å². The van der Waals surface area contributed by atoms with E-state index in [9.17, 15) is 0 Å². The molecule has 6 heteroatoms. The van der Waals surface area contributed by atoms with Crippen LogP contribution in [0.3, 0.4) is 0 Å². The zero-order valence-corrected chi connectivity index (χ0v) is 14.7. The second-order valence-corrected chi connectivity index (χ2v) is 5.11. The SMILES string of the molecule is CCOCCCNC(=NC)NCc1c(CC)nn(C)c1CC. The molecule has 0 aliphatic carbocycles. The molecule has 1 aromatic heterocycles. The molecule has 0 amide bonds. The van der Waals surface area contributed by atoms with E-state index in [-0.39, 0.29) is 0 Å². The van der Waals surface area contributed by atoms with Crippen molar-refractivity contribution in [2.45, 2.75) is 46.6 Å². The number of hydrogen-bond acceptors (Lipinski definition) is 3. The van der Waals surface area contributed by atoms with Crippen LogP contribution in [-0.4, -0.2) is 42.5 Å². The lowest BCUT2D eigenvalue weighted by molar-refractivity contribution is 0.145. The molecule has 0 bridgehead atoms. The molecule has 0 fully saturated rings. The minimum atomic E-state index is 0.755. The van der Waals surface area contributed by atoms with Gasteiger partial charge in [0.2, 0.25) is 0 Å². The zero-order valence-electron chi connectivity index (χ0n) is 14.7. The van der Waals surface area contributed by atoms with Gasteiger partial charge in [-0.25, -0.2) is 0 Å². The summed E-state index contributed by atoms with van der Waals surface area (Å²) < 4.78 is 7.32. The van der Waals surface area contributed by atoms with E-state index in [0.29, 0.717) is 0 Å². The lowest BCUT2D eigenvalue weighted by Crippen LogP contribution is -2.37. The van der Waals surface area contributed by atoms with Crippen LogP contribution >= 0.6 is 0 Å². The third-order valence-electron chi connectivity index (χ3n) is 3.65. The van der Waals surface area contributed by atoms with E-state index >= 15 is 0 Å². The van der Waals surface area contributed by atoms with Crippen molar-refractivity contribution < 1.29 is 4.74 Å². The minimum Gasteiger partial charge on any atom is -0.382 e. The molecule has 0 saturated carbocycles. The van der Waals surface area contributed by atoms with Crippen molar-refractivity contribution in [2.75, 3.05) is 26.8 Å². The Balaban J connectivity index is 2.53. The van der Waals surface area contributed by atoms with Gasteiger partial charge in [-0.2, -0.15) is 5.10 Å². The topological polar surface area (TPSA) is 63.5 Å². The van der Waals surface area contributed by atoms with E-state index in [0.717, 1.165) is 51.5 Å². The largest absolute Gasteiger partial charge is 0.382 e. The highest BCUT2D eigenvalue weighted by atomic mass is 16.5. The molecule has 0 spiro atoms. The van der Waals surface area contributed by atoms with Gasteiger partial charge < -0.3 is 15.4 Å². The Bertz CT molecular complexity index is 467. The highest BCUT2D eigenvalue weighted by Crippen LogP contribution is 2.15. The second-order valence-electron chi connectivity index (χ2n) is 5.11. The fourth-order valence-corrected chi connectivity index (χ4v) is 2.51. The summed E-state index contributed by atoms with van der Waals surface area (Å²) in [6.07, 6.45) is 2.91. The Hall–Kier alpha value is -1.56. The molecular weight excluding hydrogens is 278 g/mol. The average molecular weight is 309 g/mol. The fraction of sp³-hybridized carbons (Fsp3) is 0.750. The molecule has 22 heavy (non-hydrogen) atoms. The van der Waals surface area contributed by atoms with Crippen molar-refractivity contribution in [3.63, 3.8) is 0 Å². The number of hydrogen-bond donors (Lipinski definition) is 2. The van der Waals surface area contributed by atoms with E-state index in [1.54, 1.807) is 7.05 Å². The van der Waals surface area contributed by atoms with Crippen LogP contribution in [0.25, 0.3) is 0 Å². The molecule has 126 valence electrons. The van der Waals surface area contributed by atoms with E-state index in [1.165, 1.54) is 17.0 Å². The van der Waals surface area contributed by atoms with Crippen molar-refractivity contribution in [3.8, 4) is 0 Å². The number of ether oxygens (including phenoxy) is 1. The third-order valence-corrected chi connectivity index (χ3v) is 3.65. The maximum absolute atomic E-state index is 5.33. The Morgan fingerprint density at radius 2 is 2.00 bits per heavy atom. The van der Waals surface area contributed by atoms with Crippen LogP contribution in [0.5, 0.6) is 0 Å². The van der Waals surface area contributed by atoms with Gasteiger partial charge in [-0.1, -0.05) is 13.8 Å². The van der Waals surface area contributed by atoms with Crippen LogP contribution < -0.4 is 10.6 Å². The molecule has 0 atom stereocenters. The van der Waals surface area contributed by atoms with Crippen LogP contribution in [-0.2, 0) is 31.2 Å². The van der Waals surface area contributed by atoms with Crippen molar-refractivity contribution in [1.29, 1.82) is 0 Å². The van der Waals surface area contributed by atoms with Gasteiger partial charge in [-0.3, -0.25) is 9.67 Å². The summed E-state index contributed by atoms with van der Waals surface area (Å²) in [6, 6.07) is 0. The molecule has 6 nitrogen and oxygen atoms in total. The lowest BCUT2D eigenvalue weighted by atomic mass is 10.1. The maximum atomic E-state index is 5.33. The first kappa shape index (κ1) is 18.5. The zero-order chi connectivity index (χ0) is 16.4. The van der Waals surface area contributed by atoms with Gasteiger partial charge in [0.1, 0.15) is 0 Å². The quantitative estimate of drug-likeness (QED) is 0.413. The normalized spacial score (nSPS) is 11.8. The third kappa shape index (κ3) is 5.33. The first-order chi connectivity index (χ1) is 10.7. The van der Waals surface area contributed by atoms with Crippen LogP contribution in [0, 0.1) is 0 Å². The predicted octanol–water partition coefficient (Wildman–Crippen LogP) is 1.64. The highest BCUT2D eigenvalue weighted by molar-refractivity contribution is 5.79. The Morgan fingerprint density at radius 3 is 2.59 bits per heavy atom. The van der Waals surface area contributed by atoms with Gasteiger partial charge in [-0.05, 0) is 26.2 Å². The van der Waals surface area contributed by atoms with Gasteiger partial charge >= 0.3 is 0 Å². The first-order valence-corrected chi connectivity index (χ1v) is 8.23. The molecule has 0 aliphatic rings. The number of rotatable bonds is 9. The van der Waals surface area contributed by atoms with Crippen LogP contribution in [0.4, 0.5) is 0 Å². The Labute approximate surface area is 134 Å². The van der Waals surface area contributed by atoms with E-state index in [1.807, 2.05) is 18.7 Å². The molecule has 1 rings (SSSR count). The van der Waals surface area contributed by atoms with Crippen LogP contribution in [0.1, 0.15) is 44.1 Å². The summed E-state index contributed by atoms with van der Waals surface area (Å²) in [4.78, 5) is 4.27. The van der Waals surface area contributed by atoms with Gasteiger partial charge in [0.05, 0.1) is 5.69 Å². The van der Waals surface area contributed by atoms with Crippen LogP contribution in [0.2, 0.25) is 0 Å². The van der Waals surface area contributed by atoms with Crippen molar-refractivity contribution in [3.05, 3.63) is 17.0 Å². The van der Waals surface area contributed by atoms with Crippen molar-refractivity contribution in [1.82, 2.24) is 20.4 Å². The molecule has 0 aromatic carbocycles. The second kappa shape index (κ2) is 10.2. The van der Waals surface area contributed by atoms with Gasteiger partial charge in [0.15, 0.2) is 5.96 Å². The predicted molar refractivity (Wildman–Crippen MR) is 91.3 cm³/mol. The molecule has 0 unspecified atom stereocenters. The molecule has 0 radical (unpaired) electrons. The molecule has 1 heterocycles. The smallest absolute Gasteiger partial charge is 0.191 e. The van der Waals surface area contributed by atoms with Crippen molar-refractivity contribution in [2.24, 2.45) is 12.0 Å². The number of nitrogens with zero attached hydrogens (tertiary/aromatic N) is 3. The van der Waals surface area contributed by atoms with Gasteiger partial charge in [-0.15, -0.1) is 0 Å². The monoisotopic (exact) mass is 309 g/mol. The summed E-state index contributed by atoms with van der Waals surface area (Å²) in [5, 5.41) is 11.3. The number of aryl methyl sites for hydroxylation is 2. The standard InChI is InChI=1S/C16H31N5O/c1-6-14-13(15(7-2)21(5)20-14)12-19-16(17-4)18-10-9-11-22-8-3/h6-12H2,1-5H3,(H2,17,18,19). The number of aromatic nitrogens is 2. The molecule has 0 saturated heterocycles. The Kier molecular flexibility index (Phi) is 8.58. The lowest BCUT2D eigenvalue weighted by Gasteiger charge is -2.13. The molecule has 2 N–H and O–H groups in total. The Morgan fingerprint density at radius 1 is 1.23 bits per heavy atom. The molecule has 1 aromatic rings. The average Bonchev–Trinajstić information content (AvgIpc) is 2.85. The summed E-state index contributed by atoms with van der Waals surface area (Å²) in [6.45, 7) is 9.49. The summed E-state index contributed by atoms with van der Waals surface area (Å²) >= 11 is 0. The molecular formula is C16H31N5O. The molecule has 0 aliphatic heterocycles. The van der Waals surface area contributed by atoms with Crippen LogP contribution in [0.15, 0.2) is 4.99 Å². The fourth-order valence-electron chi connectivity index (χ4n) is 2.51. The van der Waals surface area contributed by atoms with Gasteiger partial charge in [0, 0.05) is 51.7 Å². The maximum Gasteiger partial charge on any atom is 0.191 e. The van der Waals surface area contributed by atoms with E-state index in [2.05, 4.69) is 34.6 Å². The summed E-state index contributed by atoms with van der Waals surface area (Å²) in [5.74, 6) is 0.824. The first-order valence-electron chi connectivity index (χ1n) is 8.23. The summed E-state index contributed by atoms with van der Waals surface area (Å²) in [7, 11) is 3.81. The van der Waals surface area contributed by atoms with E-state index < -0.39 is 0 Å².